The molecule has 0 spiro atoms. The minimum atomic E-state index is -0.613. The molecule has 0 bridgehead atoms. The maximum Gasteiger partial charge on any atom is 0.340 e. The molecule has 0 saturated heterocycles. The zero-order valence-corrected chi connectivity index (χ0v) is 17.5. The zero-order chi connectivity index (χ0) is 21.8. The summed E-state index contributed by atoms with van der Waals surface area (Å²) in [6.07, 6.45) is 0. The van der Waals surface area contributed by atoms with Crippen molar-refractivity contribution in [3.63, 3.8) is 0 Å². The number of esters is 1. The largest absolute Gasteiger partial charge is 0.452 e. The van der Waals surface area contributed by atoms with Gasteiger partial charge in [0.25, 0.3) is 5.91 Å². The second-order valence-corrected chi connectivity index (χ2v) is 7.43. The Morgan fingerprint density at radius 2 is 1.71 bits per heavy atom. The average molecular weight is 431 g/mol. The lowest BCUT2D eigenvalue weighted by atomic mass is 10.0. The van der Waals surface area contributed by atoms with Crippen LogP contribution in [0.2, 0.25) is 5.02 Å². The van der Waals surface area contributed by atoms with Crippen molar-refractivity contribution >= 4 is 40.1 Å². The average Bonchev–Trinajstić information content (AvgIpc) is 2.78. The van der Waals surface area contributed by atoms with Gasteiger partial charge in [-0.05, 0) is 42.8 Å². The molecular formula is C25H19ClN2O3. The van der Waals surface area contributed by atoms with Gasteiger partial charge in [0.1, 0.15) is 0 Å². The summed E-state index contributed by atoms with van der Waals surface area (Å²) in [5.74, 6) is -1.04. The highest BCUT2D eigenvalue weighted by Gasteiger charge is 2.16. The topological polar surface area (TPSA) is 68.3 Å². The van der Waals surface area contributed by atoms with E-state index in [4.69, 9.17) is 16.3 Å². The van der Waals surface area contributed by atoms with E-state index in [1.807, 2.05) is 54.6 Å². The molecular weight excluding hydrogens is 412 g/mol. The zero-order valence-electron chi connectivity index (χ0n) is 16.8. The lowest BCUT2D eigenvalue weighted by Crippen LogP contribution is -2.21. The Labute approximate surface area is 184 Å². The number of nitrogens with zero attached hydrogens (tertiary/aromatic N) is 1. The molecule has 5 nitrogen and oxygen atoms in total. The number of aryl methyl sites for hydroxylation is 1. The number of aromatic nitrogens is 1. The van der Waals surface area contributed by atoms with Crippen LogP contribution in [0, 0.1) is 6.92 Å². The summed E-state index contributed by atoms with van der Waals surface area (Å²) in [5, 5.41) is 4.10. The van der Waals surface area contributed by atoms with Crippen LogP contribution >= 0.6 is 11.6 Å². The van der Waals surface area contributed by atoms with Crippen LogP contribution in [0.25, 0.3) is 22.0 Å². The second kappa shape index (κ2) is 8.98. The van der Waals surface area contributed by atoms with E-state index in [1.54, 1.807) is 31.2 Å². The van der Waals surface area contributed by atoms with Gasteiger partial charge in [-0.1, -0.05) is 60.1 Å². The Morgan fingerprint density at radius 1 is 0.968 bits per heavy atom. The lowest BCUT2D eigenvalue weighted by molar-refractivity contribution is -0.119. The van der Waals surface area contributed by atoms with Gasteiger partial charge < -0.3 is 10.1 Å². The van der Waals surface area contributed by atoms with Gasteiger partial charge in [-0.2, -0.15) is 0 Å². The van der Waals surface area contributed by atoms with E-state index >= 15 is 0 Å². The van der Waals surface area contributed by atoms with Crippen LogP contribution in [0.5, 0.6) is 0 Å². The molecule has 0 atom stereocenters. The smallest absolute Gasteiger partial charge is 0.340 e. The number of carbonyl (C=O) groups is 2. The van der Waals surface area contributed by atoms with E-state index in [0.717, 1.165) is 22.0 Å². The molecule has 154 valence electrons. The molecule has 0 aliphatic rings. The number of para-hydroxylation sites is 1. The van der Waals surface area contributed by atoms with Crippen molar-refractivity contribution in [2.75, 3.05) is 11.9 Å². The van der Waals surface area contributed by atoms with Crippen LogP contribution in [-0.4, -0.2) is 23.5 Å². The first-order chi connectivity index (χ1) is 15.0. The molecule has 0 fully saturated rings. The molecule has 31 heavy (non-hydrogen) atoms. The van der Waals surface area contributed by atoms with Crippen molar-refractivity contribution in [1.82, 2.24) is 4.98 Å². The van der Waals surface area contributed by atoms with Gasteiger partial charge >= 0.3 is 5.97 Å². The molecule has 1 aromatic heterocycles. The first kappa shape index (κ1) is 20.6. The normalized spacial score (nSPS) is 10.6. The molecule has 3 aromatic carbocycles. The molecule has 4 rings (SSSR count). The lowest BCUT2D eigenvalue weighted by Gasteiger charge is -2.12. The van der Waals surface area contributed by atoms with Crippen LogP contribution in [0.15, 0.2) is 78.9 Å². The Hall–Kier alpha value is -3.70. The third-order valence-corrected chi connectivity index (χ3v) is 5.04. The highest BCUT2D eigenvalue weighted by molar-refractivity contribution is 6.31. The fourth-order valence-electron chi connectivity index (χ4n) is 3.31. The maximum absolute atomic E-state index is 12.6. The molecule has 0 unspecified atom stereocenters. The Morgan fingerprint density at radius 3 is 2.52 bits per heavy atom. The summed E-state index contributed by atoms with van der Waals surface area (Å²) in [4.78, 5) is 29.4. The van der Waals surface area contributed by atoms with Gasteiger partial charge in [0.05, 0.1) is 16.8 Å². The fraction of sp³-hybridized carbons (Fsp3) is 0.0800. The molecule has 0 saturated carbocycles. The van der Waals surface area contributed by atoms with Crippen LogP contribution in [0.4, 0.5) is 5.69 Å². The standard InChI is InChI=1S/C25H19ClN2O3/c1-16-21(14-18-13-19(26)11-12-22(18)27-16)25(30)31-15-24(29)28-23-10-6-5-9-20(23)17-7-3-2-4-8-17/h2-14H,15H2,1H3,(H,28,29). The van der Waals surface area contributed by atoms with Crippen LogP contribution < -0.4 is 5.32 Å². The van der Waals surface area contributed by atoms with Crippen molar-refractivity contribution in [1.29, 1.82) is 0 Å². The van der Waals surface area contributed by atoms with Crippen molar-refractivity contribution in [2.24, 2.45) is 0 Å². The summed E-state index contributed by atoms with van der Waals surface area (Å²) in [5.41, 5.74) is 4.06. The number of ether oxygens (including phenoxy) is 1. The van der Waals surface area contributed by atoms with Gasteiger partial charge in [-0.25, -0.2) is 4.79 Å². The Bertz CT molecular complexity index is 1270. The molecule has 6 heteroatoms. The highest BCUT2D eigenvalue weighted by atomic mass is 35.5. The van der Waals surface area contributed by atoms with Crippen molar-refractivity contribution in [3.8, 4) is 11.1 Å². The first-order valence-corrected chi connectivity index (χ1v) is 10.1. The van der Waals surface area contributed by atoms with Gasteiger partial charge in [-0.15, -0.1) is 0 Å². The van der Waals surface area contributed by atoms with E-state index in [2.05, 4.69) is 10.3 Å². The second-order valence-electron chi connectivity index (χ2n) is 6.99. The van der Waals surface area contributed by atoms with Crippen molar-refractivity contribution in [2.45, 2.75) is 6.92 Å². The molecule has 1 amide bonds. The Kier molecular flexibility index (Phi) is 5.96. The molecule has 1 N–H and O–H groups in total. The number of rotatable bonds is 5. The van der Waals surface area contributed by atoms with E-state index in [0.29, 0.717) is 22.0 Å². The fourth-order valence-corrected chi connectivity index (χ4v) is 3.49. The molecule has 1 heterocycles. The quantitative estimate of drug-likeness (QED) is 0.415. The predicted molar refractivity (Wildman–Crippen MR) is 122 cm³/mol. The van der Waals surface area contributed by atoms with E-state index < -0.39 is 18.5 Å². The molecule has 4 aromatic rings. The van der Waals surface area contributed by atoms with Gasteiger partial charge in [0.2, 0.25) is 0 Å². The minimum Gasteiger partial charge on any atom is -0.452 e. The number of amides is 1. The number of benzene rings is 3. The number of anilines is 1. The summed E-state index contributed by atoms with van der Waals surface area (Å²) in [6.45, 7) is 1.32. The summed E-state index contributed by atoms with van der Waals surface area (Å²) in [7, 11) is 0. The third kappa shape index (κ3) is 4.73. The summed E-state index contributed by atoms with van der Waals surface area (Å²) >= 11 is 6.03. The number of carbonyl (C=O) groups excluding carboxylic acids is 2. The van der Waals surface area contributed by atoms with Crippen LogP contribution in [0.3, 0.4) is 0 Å². The monoisotopic (exact) mass is 430 g/mol. The molecule has 0 aliphatic heterocycles. The van der Waals surface area contributed by atoms with Gasteiger partial charge in [0.15, 0.2) is 6.61 Å². The van der Waals surface area contributed by atoms with Gasteiger partial charge in [0, 0.05) is 21.7 Å². The molecule has 0 aliphatic carbocycles. The van der Waals surface area contributed by atoms with Crippen molar-refractivity contribution < 1.29 is 14.3 Å². The first-order valence-electron chi connectivity index (χ1n) is 9.69. The van der Waals surface area contributed by atoms with Crippen molar-refractivity contribution in [3.05, 3.63) is 95.1 Å². The van der Waals surface area contributed by atoms with Crippen LogP contribution in [0.1, 0.15) is 16.1 Å². The number of halogens is 1. The highest BCUT2D eigenvalue weighted by Crippen LogP contribution is 2.27. The number of hydrogen-bond acceptors (Lipinski definition) is 4. The Balaban J connectivity index is 1.46. The predicted octanol–water partition coefficient (Wildman–Crippen LogP) is 5.66. The number of fused-ring (bicyclic) bond motifs is 1. The third-order valence-electron chi connectivity index (χ3n) is 4.81. The summed E-state index contributed by atoms with van der Waals surface area (Å²) in [6, 6.07) is 24.1. The summed E-state index contributed by atoms with van der Waals surface area (Å²) < 4.78 is 5.24. The SMILES string of the molecule is Cc1nc2ccc(Cl)cc2cc1C(=O)OCC(=O)Nc1ccccc1-c1ccccc1. The van der Waals surface area contributed by atoms with E-state index in [9.17, 15) is 9.59 Å². The van der Waals surface area contributed by atoms with Gasteiger partial charge in [-0.3, -0.25) is 9.78 Å². The number of nitrogens with one attached hydrogen (secondary N) is 1. The van der Waals surface area contributed by atoms with E-state index in [-0.39, 0.29) is 0 Å². The number of hydrogen-bond donors (Lipinski definition) is 1. The van der Waals surface area contributed by atoms with E-state index in [1.165, 1.54) is 0 Å². The minimum absolute atomic E-state index is 0.298. The van der Waals surface area contributed by atoms with Crippen LogP contribution in [-0.2, 0) is 9.53 Å². The number of pyridine rings is 1. The molecule has 0 radical (unpaired) electrons. The maximum atomic E-state index is 12.6.